The van der Waals surface area contributed by atoms with Gasteiger partial charge in [0.2, 0.25) is 0 Å². The van der Waals surface area contributed by atoms with Crippen molar-refractivity contribution in [3.05, 3.63) is 54.1 Å². The SMILES string of the molecule is O=C(O)c1ccccc1B(O)O.OB(O)c1ccccc1O. The van der Waals surface area contributed by atoms with Crippen LogP contribution in [0.1, 0.15) is 10.4 Å². The normalized spacial score (nSPS) is 9.45. The fourth-order valence-corrected chi connectivity index (χ4v) is 1.62. The first-order valence-corrected chi connectivity index (χ1v) is 6.17. The lowest BCUT2D eigenvalue weighted by Crippen LogP contribution is -2.34. The molecule has 2 rings (SSSR count). The van der Waals surface area contributed by atoms with E-state index in [0.717, 1.165) is 0 Å². The number of benzene rings is 2. The molecule has 2 aromatic carbocycles. The van der Waals surface area contributed by atoms with Gasteiger partial charge >= 0.3 is 20.2 Å². The molecule has 0 fully saturated rings. The van der Waals surface area contributed by atoms with Gasteiger partial charge in [0.25, 0.3) is 0 Å². The van der Waals surface area contributed by atoms with E-state index < -0.39 is 20.2 Å². The van der Waals surface area contributed by atoms with Gasteiger partial charge in [-0.1, -0.05) is 36.4 Å². The summed E-state index contributed by atoms with van der Waals surface area (Å²) in [4.78, 5) is 10.5. The molecular formula is C13H14B2O7. The first-order chi connectivity index (χ1) is 10.3. The van der Waals surface area contributed by atoms with Gasteiger partial charge in [0.05, 0.1) is 5.56 Å². The molecule has 0 spiro atoms. The van der Waals surface area contributed by atoms with Crippen molar-refractivity contribution in [2.75, 3.05) is 0 Å². The van der Waals surface area contributed by atoms with Crippen LogP contribution in [0.2, 0.25) is 0 Å². The first-order valence-electron chi connectivity index (χ1n) is 6.17. The summed E-state index contributed by atoms with van der Waals surface area (Å²) in [5.41, 5.74) is 0.0417. The van der Waals surface area contributed by atoms with Gasteiger partial charge in [-0.25, -0.2) is 4.79 Å². The average Bonchev–Trinajstić information content (AvgIpc) is 2.48. The van der Waals surface area contributed by atoms with Crippen molar-refractivity contribution in [1.82, 2.24) is 0 Å². The summed E-state index contributed by atoms with van der Waals surface area (Å²) in [7, 11) is -3.33. The Morgan fingerprint density at radius 3 is 1.59 bits per heavy atom. The molecular weight excluding hydrogens is 290 g/mol. The number of aromatic carboxylic acids is 1. The maximum Gasteiger partial charge on any atom is 0.492 e. The van der Waals surface area contributed by atoms with Crippen LogP contribution in [0.3, 0.4) is 0 Å². The summed E-state index contributed by atoms with van der Waals surface area (Å²) in [5.74, 6) is -1.27. The highest BCUT2D eigenvalue weighted by atomic mass is 16.4. The van der Waals surface area contributed by atoms with Crippen LogP contribution in [0.5, 0.6) is 5.75 Å². The molecule has 0 bridgehead atoms. The van der Waals surface area contributed by atoms with Crippen LogP contribution in [0.15, 0.2) is 48.5 Å². The number of rotatable bonds is 3. The number of phenolic OH excluding ortho intramolecular Hbond substituents is 1. The van der Waals surface area contributed by atoms with E-state index in [2.05, 4.69) is 0 Å². The van der Waals surface area contributed by atoms with Crippen LogP contribution in [0.25, 0.3) is 0 Å². The van der Waals surface area contributed by atoms with Gasteiger partial charge in [-0.15, -0.1) is 0 Å². The lowest BCUT2D eigenvalue weighted by atomic mass is 9.77. The van der Waals surface area contributed by atoms with Crippen molar-refractivity contribution in [2.24, 2.45) is 0 Å². The monoisotopic (exact) mass is 304 g/mol. The topological polar surface area (TPSA) is 138 Å². The van der Waals surface area contributed by atoms with Crippen LogP contribution < -0.4 is 10.9 Å². The maximum atomic E-state index is 10.5. The Labute approximate surface area is 127 Å². The summed E-state index contributed by atoms with van der Waals surface area (Å²) in [5, 5.41) is 52.2. The van der Waals surface area contributed by atoms with Crippen LogP contribution in [-0.4, -0.2) is 50.5 Å². The molecule has 0 amide bonds. The molecule has 22 heavy (non-hydrogen) atoms. The van der Waals surface area contributed by atoms with E-state index in [1.165, 1.54) is 30.3 Å². The third-order valence-corrected chi connectivity index (χ3v) is 2.68. The van der Waals surface area contributed by atoms with E-state index in [0.29, 0.717) is 0 Å². The van der Waals surface area contributed by atoms with Crippen LogP contribution in [0, 0.1) is 0 Å². The number of aromatic hydroxyl groups is 1. The Hall–Kier alpha value is -2.32. The molecule has 0 heterocycles. The van der Waals surface area contributed by atoms with Crippen molar-refractivity contribution in [3.8, 4) is 5.75 Å². The number of para-hydroxylation sites is 1. The first kappa shape index (κ1) is 17.7. The molecule has 0 aliphatic rings. The van der Waals surface area contributed by atoms with Gasteiger partial charge in [0.15, 0.2) is 0 Å². The number of hydrogen-bond donors (Lipinski definition) is 6. The van der Waals surface area contributed by atoms with E-state index in [9.17, 15) is 4.79 Å². The summed E-state index contributed by atoms with van der Waals surface area (Å²) >= 11 is 0. The zero-order chi connectivity index (χ0) is 16.7. The summed E-state index contributed by atoms with van der Waals surface area (Å²) in [6.07, 6.45) is 0. The highest BCUT2D eigenvalue weighted by molar-refractivity contribution is 6.60. The number of carboxylic acid groups (broad SMARTS) is 1. The number of phenols is 1. The molecule has 0 saturated carbocycles. The van der Waals surface area contributed by atoms with Gasteiger partial charge in [-0.3, -0.25) is 0 Å². The molecule has 0 atom stereocenters. The third-order valence-electron chi connectivity index (χ3n) is 2.68. The van der Waals surface area contributed by atoms with Gasteiger partial charge < -0.3 is 30.3 Å². The molecule has 114 valence electrons. The van der Waals surface area contributed by atoms with Crippen molar-refractivity contribution < 1.29 is 35.1 Å². The Kier molecular flexibility index (Phi) is 6.61. The average molecular weight is 304 g/mol. The Balaban J connectivity index is 0.000000224. The van der Waals surface area contributed by atoms with Crippen LogP contribution in [-0.2, 0) is 0 Å². The summed E-state index contributed by atoms with van der Waals surface area (Å²) in [6.45, 7) is 0. The minimum atomic E-state index is -1.74. The van der Waals surface area contributed by atoms with Crippen molar-refractivity contribution in [1.29, 1.82) is 0 Å². The number of carbonyl (C=O) groups is 1. The van der Waals surface area contributed by atoms with E-state index >= 15 is 0 Å². The van der Waals surface area contributed by atoms with Crippen molar-refractivity contribution in [3.63, 3.8) is 0 Å². The highest BCUT2D eigenvalue weighted by Crippen LogP contribution is 2.02. The predicted octanol–water partition coefficient (Wildman–Crippen LogP) is -1.86. The number of hydrogen-bond acceptors (Lipinski definition) is 6. The van der Waals surface area contributed by atoms with Crippen LogP contribution in [0.4, 0.5) is 0 Å². The summed E-state index contributed by atoms with van der Waals surface area (Å²) < 4.78 is 0. The molecule has 6 N–H and O–H groups in total. The molecule has 0 radical (unpaired) electrons. The Morgan fingerprint density at radius 2 is 1.23 bits per heavy atom. The molecule has 0 aliphatic heterocycles. The minimum Gasteiger partial charge on any atom is -0.508 e. The summed E-state index contributed by atoms with van der Waals surface area (Å²) in [6, 6.07) is 11.8. The third kappa shape index (κ3) is 4.90. The number of carboxylic acids is 1. The molecule has 9 heteroatoms. The minimum absolute atomic E-state index is 0.00463. The van der Waals surface area contributed by atoms with Gasteiger partial charge in [0, 0.05) is 5.46 Å². The second kappa shape index (κ2) is 8.20. The Morgan fingerprint density at radius 1 is 0.773 bits per heavy atom. The molecule has 0 aliphatic carbocycles. The Bertz CT molecular complexity index is 631. The second-order valence-corrected chi connectivity index (χ2v) is 4.20. The lowest BCUT2D eigenvalue weighted by molar-refractivity contribution is 0.0697. The van der Waals surface area contributed by atoms with E-state index in [-0.39, 0.29) is 22.2 Å². The molecule has 0 saturated heterocycles. The fraction of sp³-hybridized carbons (Fsp3) is 0. The molecule has 0 unspecified atom stereocenters. The van der Waals surface area contributed by atoms with Gasteiger partial charge in [0.1, 0.15) is 5.75 Å². The molecule has 0 aromatic heterocycles. The largest absolute Gasteiger partial charge is 0.508 e. The van der Waals surface area contributed by atoms with Crippen LogP contribution >= 0.6 is 0 Å². The standard InChI is InChI=1S/C7H7BO4.C6H7BO3/c9-7(10)5-3-1-2-4-6(5)8(11)12;8-6-4-2-1-3-5(6)7(9)10/h1-4,11-12H,(H,9,10);1-4,8-10H. The smallest absolute Gasteiger partial charge is 0.492 e. The molecule has 2 aromatic rings. The van der Waals surface area contributed by atoms with Crippen molar-refractivity contribution in [2.45, 2.75) is 0 Å². The predicted molar refractivity (Wildman–Crippen MR) is 81.2 cm³/mol. The highest BCUT2D eigenvalue weighted by Gasteiger charge is 2.18. The zero-order valence-corrected chi connectivity index (χ0v) is 11.4. The van der Waals surface area contributed by atoms with E-state index in [1.54, 1.807) is 18.2 Å². The maximum absolute atomic E-state index is 10.5. The second-order valence-electron chi connectivity index (χ2n) is 4.20. The van der Waals surface area contributed by atoms with E-state index in [1.807, 2.05) is 0 Å². The zero-order valence-electron chi connectivity index (χ0n) is 11.4. The molecule has 7 nitrogen and oxygen atoms in total. The quantitative estimate of drug-likeness (QED) is 0.365. The van der Waals surface area contributed by atoms with Gasteiger partial charge in [-0.2, -0.15) is 0 Å². The van der Waals surface area contributed by atoms with E-state index in [4.69, 9.17) is 30.3 Å². The van der Waals surface area contributed by atoms with Gasteiger partial charge in [-0.05, 0) is 17.6 Å². The van der Waals surface area contributed by atoms with Crippen molar-refractivity contribution >= 4 is 31.1 Å². The lowest BCUT2D eigenvalue weighted by Gasteiger charge is -2.02. The fourth-order valence-electron chi connectivity index (χ4n) is 1.62.